The molecule has 0 fully saturated rings. The van der Waals surface area contributed by atoms with E-state index in [1.54, 1.807) is 24.3 Å². The van der Waals surface area contributed by atoms with Gasteiger partial charge in [-0.15, -0.1) is 0 Å². The number of aliphatic hydroxyl groups excluding tert-OH is 1. The van der Waals surface area contributed by atoms with Crippen molar-refractivity contribution in [1.29, 1.82) is 0 Å². The number of allylic oxidation sites excluding steroid dienone is 3. The predicted molar refractivity (Wildman–Crippen MR) is 78.4 cm³/mol. The third-order valence-electron chi connectivity index (χ3n) is 3.38. The average Bonchev–Trinajstić information content (AvgIpc) is 2.50. The number of ketones is 2. The largest absolute Gasteiger partial charge is 0.507 e. The first-order chi connectivity index (χ1) is 9.50. The maximum atomic E-state index is 12.1. The van der Waals surface area contributed by atoms with Crippen molar-refractivity contribution in [1.82, 2.24) is 0 Å². The molecule has 0 saturated carbocycles. The van der Waals surface area contributed by atoms with Gasteiger partial charge in [0.15, 0.2) is 0 Å². The summed E-state index contributed by atoms with van der Waals surface area (Å²) < 4.78 is 0. The Balaban J connectivity index is 2.42. The summed E-state index contributed by atoms with van der Waals surface area (Å²) in [6.45, 7) is 3.95. The van der Waals surface area contributed by atoms with Crippen LogP contribution < -0.4 is 0 Å². The molecule has 3 heteroatoms. The van der Waals surface area contributed by atoms with E-state index in [0.717, 1.165) is 5.57 Å². The van der Waals surface area contributed by atoms with E-state index in [9.17, 15) is 14.7 Å². The number of aliphatic hydroxyl groups is 1. The second-order valence-electron chi connectivity index (χ2n) is 5.23. The van der Waals surface area contributed by atoms with Gasteiger partial charge in [0.25, 0.3) is 0 Å². The molecule has 0 aromatic heterocycles. The molecule has 1 aromatic carbocycles. The number of benzene rings is 1. The highest BCUT2D eigenvalue weighted by atomic mass is 16.3. The number of hydrogen-bond donors (Lipinski definition) is 1. The van der Waals surface area contributed by atoms with E-state index in [1.807, 2.05) is 19.9 Å². The molecule has 1 aromatic rings. The van der Waals surface area contributed by atoms with Gasteiger partial charge in [-0.1, -0.05) is 35.9 Å². The van der Waals surface area contributed by atoms with Crippen LogP contribution >= 0.6 is 0 Å². The highest BCUT2D eigenvalue weighted by Crippen LogP contribution is 2.28. The fraction of sp³-hybridized carbons (Fsp3) is 0.294. The van der Waals surface area contributed by atoms with Gasteiger partial charge in [0, 0.05) is 17.6 Å². The molecule has 1 aliphatic rings. The van der Waals surface area contributed by atoms with Crippen LogP contribution in [0.15, 0.2) is 41.5 Å². The smallest absolute Gasteiger partial charge is 0.228 e. The summed E-state index contributed by atoms with van der Waals surface area (Å²) >= 11 is 0. The molecule has 0 saturated heterocycles. The number of fused-ring (bicyclic) bond motifs is 1. The van der Waals surface area contributed by atoms with E-state index < -0.39 is 11.6 Å². The van der Waals surface area contributed by atoms with Crippen molar-refractivity contribution in [3.05, 3.63) is 52.6 Å². The van der Waals surface area contributed by atoms with Crippen molar-refractivity contribution in [3.8, 4) is 0 Å². The molecule has 0 aliphatic heterocycles. The molecule has 3 nitrogen and oxygen atoms in total. The second-order valence-corrected chi connectivity index (χ2v) is 5.23. The van der Waals surface area contributed by atoms with Gasteiger partial charge in [-0.05, 0) is 32.3 Å². The Kier molecular flexibility index (Phi) is 4.18. The van der Waals surface area contributed by atoms with Crippen molar-refractivity contribution in [2.45, 2.75) is 33.1 Å². The lowest BCUT2D eigenvalue weighted by Gasteiger charge is -2.07. The lowest BCUT2D eigenvalue weighted by atomic mass is 10.00. The van der Waals surface area contributed by atoms with Crippen LogP contribution in [-0.4, -0.2) is 16.7 Å². The normalized spacial score (nSPS) is 14.9. The molecule has 1 N–H and O–H groups in total. The van der Waals surface area contributed by atoms with Crippen molar-refractivity contribution >= 4 is 17.3 Å². The molecule has 2 rings (SSSR count). The zero-order chi connectivity index (χ0) is 14.7. The van der Waals surface area contributed by atoms with Crippen LogP contribution in [0.1, 0.15) is 37.8 Å². The molecular formula is C17H18O3. The maximum Gasteiger partial charge on any atom is 0.228 e. The second kappa shape index (κ2) is 5.87. The summed E-state index contributed by atoms with van der Waals surface area (Å²) in [6, 6.07) is 7.12. The maximum absolute atomic E-state index is 12.1. The Bertz CT molecular complexity index is 617. The van der Waals surface area contributed by atoms with E-state index in [-0.39, 0.29) is 17.8 Å². The first-order valence-corrected chi connectivity index (χ1v) is 6.72. The van der Waals surface area contributed by atoms with Crippen LogP contribution in [0.4, 0.5) is 0 Å². The Labute approximate surface area is 118 Å². The van der Waals surface area contributed by atoms with Gasteiger partial charge < -0.3 is 5.11 Å². The molecule has 1 aliphatic carbocycles. The molecule has 0 amide bonds. The van der Waals surface area contributed by atoms with Crippen LogP contribution in [0.2, 0.25) is 0 Å². The van der Waals surface area contributed by atoms with Gasteiger partial charge in [0.2, 0.25) is 11.6 Å². The SMILES string of the molecule is CC(C)=CCCC1=C(O)c2ccccc2CC(=O)C1=O. The van der Waals surface area contributed by atoms with E-state index in [2.05, 4.69) is 0 Å². The molecule has 0 heterocycles. The quantitative estimate of drug-likeness (QED) is 0.676. The zero-order valence-corrected chi connectivity index (χ0v) is 11.8. The number of hydrogen-bond acceptors (Lipinski definition) is 3. The third-order valence-corrected chi connectivity index (χ3v) is 3.38. The Morgan fingerprint density at radius 1 is 1.25 bits per heavy atom. The molecule has 0 spiro atoms. The summed E-state index contributed by atoms with van der Waals surface area (Å²) in [7, 11) is 0. The Morgan fingerprint density at radius 2 is 1.95 bits per heavy atom. The van der Waals surface area contributed by atoms with Gasteiger partial charge in [-0.25, -0.2) is 0 Å². The Hall–Kier alpha value is -2.16. The van der Waals surface area contributed by atoms with Crippen LogP contribution in [0.5, 0.6) is 0 Å². The van der Waals surface area contributed by atoms with Gasteiger partial charge in [0.1, 0.15) is 5.76 Å². The fourth-order valence-corrected chi connectivity index (χ4v) is 2.33. The summed E-state index contributed by atoms with van der Waals surface area (Å²) in [5, 5.41) is 10.3. The first kappa shape index (κ1) is 14.3. The van der Waals surface area contributed by atoms with Crippen molar-refractivity contribution < 1.29 is 14.7 Å². The summed E-state index contributed by atoms with van der Waals surface area (Å²) in [5.74, 6) is -1.05. The predicted octanol–water partition coefficient (Wildman–Crippen LogP) is 3.40. The molecular weight excluding hydrogens is 252 g/mol. The lowest BCUT2D eigenvalue weighted by molar-refractivity contribution is -0.134. The summed E-state index contributed by atoms with van der Waals surface area (Å²) in [5.41, 5.74) is 2.69. The third kappa shape index (κ3) is 2.87. The zero-order valence-electron chi connectivity index (χ0n) is 11.8. The van der Waals surface area contributed by atoms with Crippen LogP contribution in [0.3, 0.4) is 0 Å². The van der Waals surface area contributed by atoms with E-state index in [4.69, 9.17) is 0 Å². The minimum atomic E-state index is -0.555. The average molecular weight is 270 g/mol. The lowest BCUT2D eigenvalue weighted by Crippen LogP contribution is -2.17. The summed E-state index contributed by atoms with van der Waals surface area (Å²) in [4.78, 5) is 24.0. The first-order valence-electron chi connectivity index (χ1n) is 6.72. The Morgan fingerprint density at radius 3 is 2.65 bits per heavy atom. The number of carbonyl (C=O) groups excluding carboxylic acids is 2. The van der Waals surface area contributed by atoms with E-state index in [0.29, 0.717) is 24.0 Å². The monoisotopic (exact) mass is 270 g/mol. The van der Waals surface area contributed by atoms with Crippen molar-refractivity contribution in [3.63, 3.8) is 0 Å². The highest BCUT2D eigenvalue weighted by Gasteiger charge is 2.28. The van der Waals surface area contributed by atoms with E-state index >= 15 is 0 Å². The topological polar surface area (TPSA) is 54.4 Å². The van der Waals surface area contributed by atoms with Gasteiger partial charge in [-0.2, -0.15) is 0 Å². The number of rotatable bonds is 3. The standard InChI is InChI=1S/C17H18O3/c1-11(2)6-5-9-14-16(19)13-8-4-3-7-12(13)10-15(18)17(14)20/h3-4,6-8,19H,5,9-10H2,1-2H3. The van der Waals surface area contributed by atoms with Crippen LogP contribution in [-0.2, 0) is 16.0 Å². The molecule has 0 atom stereocenters. The number of Topliss-reactive ketones (excluding diaryl/α,β-unsaturated/α-hetero) is 2. The van der Waals surface area contributed by atoms with Gasteiger partial charge in [0.05, 0.1) is 0 Å². The molecule has 0 bridgehead atoms. The van der Waals surface area contributed by atoms with Gasteiger partial charge >= 0.3 is 0 Å². The number of carbonyl (C=O) groups is 2. The minimum absolute atomic E-state index is 0.0430. The fourth-order valence-electron chi connectivity index (χ4n) is 2.33. The van der Waals surface area contributed by atoms with Crippen LogP contribution in [0.25, 0.3) is 5.76 Å². The molecule has 0 unspecified atom stereocenters. The van der Waals surface area contributed by atoms with Crippen molar-refractivity contribution in [2.24, 2.45) is 0 Å². The summed E-state index contributed by atoms with van der Waals surface area (Å²) in [6.07, 6.45) is 3.08. The van der Waals surface area contributed by atoms with Crippen LogP contribution in [0, 0.1) is 0 Å². The molecule has 104 valence electrons. The van der Waals surface area contributed by atoms with E-state index in [1.165, 1.54) is 0 Å². The minimum Gasteiger partial charge on any atom is -0.507 e. The molecule has 20 heavy (non-hydrogen) atoms. The highest BCUT2D eigenvalue weighted by molar-refractivity contribution is 6.45. The molecule has 0 radical (unpaired) electrons. The van der Waals surface area contributed by atoms with Crippen molar-refractivity contribution in [2.75, 3.05) is 0 Å². The van der Waals surface area contributed by atoms with Gasteiger partial charge in [-0.3, -0.25) is 9.59 Å².